The van der Waals surface area contributed by atoms with E-state index in [0.717, 1.165) is 33.4 Å². The SMILES string of the molecule is COc1cc(CC2c3cc(OCc4ccccc4)cc(OCc4ccccc4)c3C=CN2C(=O)OCc2ccccc2)cc(OC)c1OC. The summed E-state index contributed by atoms with van der Waals surface area (Å²) in [6, 6.07) is 36.8. The van der Waals surface area contributed by atoms with Gasteiger partial charge in [-0.15, -0.1) is 0 Å². The van der Waals surface area contributed by atoms with E-state index in [1.165, 1.54) is 0 Å². The summed E-state index contributed by atoms with van der Waals surface area (Å²) in [4.78, 5) is 15.5. The summed E-state index contributed by atoms with van der Waals surface area (Å²) in [5.74, 6) is 2.80. The normalized spacial score (nSPS) is 13.3. The van der Waals surface area contributed by atoms with Crippen molar-refractivity contribution >= 4 is 12.2 Å². The van der Waals surface area contributed by atoms with Crippen molar-refractivity contribution in [1.82, 2.24) is 4.90 Å². The molecule has 1 atom stereocenters. The van der Waals surface area contributed by atoms with Crippen LogP contribution in [-0.2, 0) is 31.0 Å². The molecular formula is C41H39NO7. The molecule has 1 heterocycles. The van der Waals surface area contributed by atoms with Crippen LogP contribution in [0.5, 0.6) is 28.7 Å². The van der Waals surface area contributed by atoms with Gasteiger partial charge in [-0.05, 0) is 58.5 Å². The number of nitrogens with zero attached hydrogens (tertiary/aromatic N) is 1. The number of carbonyl (C=O) groups is 1. The van der Waals surface area contributed by atoms with Crippen LogP contribution in [0.15, 0.2) is 121 Å². The lowest BCUT2D eigenvalue weighted by Crippen LogP contribution is -2.34. The molecule has 0 saturated carbocycles. The Bertz CT molecular complexity index is 1850. The molecule has 1 aliphatic heterocycles. The van der Waals surface area contributed by atoms with Crippen molar-refractivity contribution in [3.05, 3.63) is 155 Å². The molecule has 6 rings (SSSR count). The Hall–Kier alpha value is -5.89. The summed E-state index contributed by atoms with van der Waals surface area (Å²) < 4.78 is 35.6. The molecule has 0 fully saturated rings. The van der Waals surface area contributed by atoms with Crippen molar-refractivity contribution < 1.29 is 33.2 Å². The van der Waals surface area contributed by atoms with Crippen LogP contribution in [-0.4, -0.2) is 32.3 Å². The van der Waals surface area contributed by atoms with E-state index in [-0.39, 0.29) is 6.61 Å². The molecule has 0 radical (unpaired) electrons. The Morgan fingerprint density at radius 2 is 1.16 bits per heavy atom. The molecule has 8 heteroatoms. The number of ether oxygens (including phenoxy) is 6. The van der Waals surface area contributed by atoms with E-state index in [9.17, 15) is 4.79 Å². The lowest BCUT2D eigenvalue weighted by atomic mass is 9.90. The quantitative estimate of drug-likeness (QED) is 0.125. The van der Waals surface area contributed by atoms with E-state index in [1.54, 1.807) is 32.4 Å². The van der Waals surface area contributed by atoms with Gasteiger partial charge in [0, 0.05) is 17.8 Å². The van der Waals surface area contributed by atoms with Gasteiger partial charge in [-0.1, -0.05) is 91.0 Å². The largest absolute Gasteiger partial charge is 0.493 e. The Labute approximate surface area is 287 Å². The monoisotopic (exact) mass is 657 g/mol. The molecule has 0 spiro atoms. The van der Waals surface area contributed by atoms with Crippen molar-refractivity contribution in [2.45, 2.75) is 32.3 Å². The average Bonchev–Trinajstić information content (AvgIpc) is 3.16. The molecule has 250 valence electrons. The van der Waals surface area contributed by atoms with Crippen molar-refractivity contribution in [2.75, 3.05) is 21.3 Å². The fourth-order valence-electron chi connectivity index (χ4n) is 5.83. The van der Waals surface area contributed by atoms with Crippen LogP contribution in [0.3, 0.4) is 0 Å². The maximum atomic E-state index is 13.8. The second-order valence-electron chi connectivity index (χ2n) is 11.5. The Morgan fingerprint density at radius 1 is 0.612 bits per heavy atom. The van der Waals surface area contributed by atoms with Crippen molar-refractivity contribution in [3.63, 3.8) is 0 Å². The standard InChI is InChI=1S/C41H39NO7/c1-44-38-22-32(23-39(45-2)40(38)46-3)21-36-35-24-33(47-26-29-13-7-4-8-14-29)25-37(48-27-30-15-9-5-10-16-30)34(35)19-20-42(36)41(43)49-28-31-17-11-6-12-18-31/h4-20,22-25,36H,21,26-28H2,1-3H3. The van der Waals surface area contributed by atoms with Crippen LogP contribution in [0, 0.1) is 0 Å². The maximum Gasteiger partial charge on any atom is 0.414 e. The average molecular weight is 658 g/mol. The van der Waals surface area contributed by atoms with E-state index in [0.29, 0.717) is 48.4 Å². The Kier molecular flexibility index (Phi) is 10.7. The molecule has 0 aliphatic carbocycles. The van der Waals surface area contributed by atoms with Crippen molar-refractivity contribution in [2.24, 2.45) is 0 Å². The summed E-state index contributed by atoms with van der Waals surface area (Å²) in [6.45, 7) is 0.872. The fraction of sp³-hybridized carbons (Fsp3) is 0.195. The molecule has 5 aromatic carbocycles. The highest BCUT2D eigenvalue weighted by molar-refractivity contribution is 5.76. The third-order valence-corrected chi connectivity index (χ3v) is 8.30. The first-order valence-electron chi connectivity index (χ1n) is 16.0. The minimum Gasteiger partial charge on any atom is -0.493 e. The van der Waals surface area contributed by atoms with Crippen LogP contribution in [0.2, 0.25) is 0 Å². The molecule has 0 saturated heterocycles. The van der Waals surface area contributed by atoms with E-state index in [2.05, 4.69) is 0 Å². The summed E-state index contributed by atoms with van der Waals surface area (Å²) >= 11 is 0. The van der Waals surface area contributed by atoms with Gasteiger partial charge in [0.15, 0.2) is 11.5 Å². The zero-order valence-electron chi connectivity index (χ0n) is 27.8. The van der Waals surface area contributed by atoms with Gasteiger partial charge in [0.2, 0.25) is 5.75 Å². The van der Waals surface area contributed by atoms with Gasteiger partial charge in [-0.3, -0.25) is 4.90 Å². The van der Waals surface area contributed by atoms with Crippen LogP contribution in [0.4, 0.5) is 4.79 Å². The Morgan fingerprint density at radius 3 is 1.71 bits per heavy atom. The molecule has 1 unspecified atom stereocenters. The first kappa shape index (κ1) is 33.0. The predicted octanol–water partition coefficient (Wildman–Crippen LogP) is 8.78. The van der Waals surface area contributed by atoms with Crippen molar-refractivity contribution in [1.29, 1.82) is 0 Å². The third kappa shape index (κ3) is 7.99. The van der Waals surface area contributed by atoms with Gasteiger partial charge in [0.05, 0.1) is 27.4 Å². The van der Waals surface area contributed by atoms with Gasteiger partial charge < -0.3 is 28.4 Å². The van der Waals surface area contributed by atoms with Gasteiger partial charge in [-0.25, -0.2) is 4.79 Å². The highest BCUT2D eigenvalue weighted by Crippen LogP contribution is 2.44. The highest BCUT2D eigenvalue weighted by Gasteiger charge is 2.32. The van der Waals surface area contributed by atoms with Gasteiger partial charge in [0.25, 0.3) is 0 Å². The molecule has 0 bridgehead atoms. The lowest BCUT2D eigenvalue weighted by molar-refractivity contribution is 0.0977. The van der Waals surface area contributed by atoms with Crippen molar-refractivity contribution in [3.8, 4) is 28.7 Å². The molecule has 0 N–H and O–H groups in total. The maximum absolute atomic E-state index is 13.8. The summed E-state index contributed by atoms with van der Waals surface area (Å²) in [7, 11) is 4.74. The number of benzene rings is 5. The number of methoxy groups -OCH3 is 3. The zero-order valence-corrected chi connectivity index (χ0v) is 27.8. The Balaban J connectivity index is 1.40. The van der Waals surface area contributed by atoms with E-state index in [1.807, 2.05) is 121 Å². The van der Waals surface area contributed by atoms with Crippen LogP contribution < -0.4 is 23.7 Å². The lowest BCUT2D eigenvalue weighted by Gasteiger charge is -2.34. The number of carbonyl (C=O) groups excluding carboxylic acids is 1. The van der Waals surface area contributed by atoms with Crippen LogP contribution in [0.1, 0.15) is 39.4 Å². The minimum atomic E-state index is -0.495. The summed E-state index contributed by atoms with van der Waals surface area (Å²) in [6.07, 6.45) is 3.57. The number of rotatable bonds is 13. The second kappa shape index (κ2) is 15.8. The second-order valence-corrected chi connectivity index (χ2v) is 11.5. The minimum absolute atomic E-state index is 0.138. The first-order chi connectivity index (χ1) is 24.1. The van der Waals surface area contributed by atoms with Crippen LogP contribution in [0.25, 0.3) is 6.08 Å². The van der Waals surface area contributed by atoms with Crippen LogP contribution >= 0.6 is 0 Å². The van der Waals surface area contributed by atoms with Gasteiger partial charge in [-0.2, -0.15) is 0 Å². The summed E-state index contributed by atoms with van der Waals surface area (Å²) in [5, 5.41) is 0. The van der Waals surface area contributed by atoms with E-state index < -0.39 is 12.1 Å². The highest BCUT2D eigenvalue weighted by atomic mass is 16.6. The smallest absolute Gasteiger partial charge is 0.414 e. The molecule has 49 heavy (non-hydrogen) atoms. The molecule has 5 aromatic rings. The molecule has 8 nitrogen and oxygen atoms in total. The first-order valence-corrected chi connectivity index (χ1v) is 16.0. The molecule has 0 aromatic heterocycles. The third-order valence-electron chi connectivity index (χ3n) is 8.30. The summed E-state index contributed by atoms with van der Waals surface area (Å²) in [5.41, 5.74) is 5.53. The topological polar surface area (TPSA) is 75.7 Å². The molecular weight excluding hydrogens is 618 g/mol. The number of fused-ring (bicyclic) bond motifs is 1. The van der Waals surface area contributed by atoms with Gasteiger partial charge >= 0.3 is 6.09 Å². The number of hydrogen-bond acceptors (Lipinski definition) is 7. The molecule has 1 aliphatic rings. The number of hydrogen-bond donors (Lipinski definition) is 0. The predicted molar refractivity (Wildman–Crippen MR) is 188 cm³/mol. The fourth-order valence-corrected chi connectivity index (χ4v) is 5.83. The van der Waals surface area contributed by atoms with E-state index in [4.69, 9.17) is 28.4 Å². The van der Waals surface area contributed by atoms with E-state index >= 15 is 0 Å². The number of amides is 1. The van der Waals surface area contributed by atoms with Gasteiger partial charge in [0.1, 0.15) is 31.3 Å². The zero-order chi connectivity index (χ0) is 34.0. The molecule has 1 amide bonds.